The predicted molar refractivity (Wildman–Crippen MR) is 82.9 cm³/mol. The van der Waals surface area contributed by atoms with Crippen LogP contribution >= 0.6 is 0 Å². The van der Waals surface area contributed by atoms with Crippen molar-refractivity contribution in [2.75, 3.05) is 25.1 Å². The lowest BCUT2D eigenvalue weighted by atomic mass is 10.2. The van der Waals surface area contributed by atoms with Crippen molar-refractivity contribution in [2.24, 2.45) is 0 Å². The monoisotopic (exact) mass is 318 g/mol. The van der Waals surface area contributed by atoms with E-state index in [1.54, 1.807) is 36.4 Å². The first-order chi connectivity index (χ1) is 11.2. The number of ether oxygens (including phenoxy) is 1. The number of benzene rings is 1. The van der Waals surface area contributed by atoms with Crippen LogP contribution in [0.25, 0.3) is 0 Å². The van der Waals surface area contributed by atoms with Gasteiger partial charge in [0.1, 0.15) is 5.76 Å². The maximum Gasteiger partial charge on any atom is 0.340 e. The highest BCUT2D eigenvalue weighted by atomic mass is 16.5. The zero-order valence-corrected chi connectivity index (χ0v) is 12.5. The molecule has 7 heteroatoms. The molecule has 1 heterocycles. The number of amides is 1. The topological polar surface area (TPSA) is 101 Å². The van der Waals surface area contributed by atoms with Crippen LogP contribution in [0.5, 0.6) is 0 Å². The normalized spacial score (nSPS) is 10.1. The number of hydrogen-bond acceptors (Lipinski definition) is 6. The van der Waals surface area contributed by atoms with Crippen molar-refractivity contribution in [1.29, 1.82) is 0 Å². The van der Waals surface area contributed by atoms with Gasteiger partial charge in [-0.25, -0.2) is 4.79 Å². The summed E-state index contributed by atoms with van der Waals surface area (Å²) in [7, 11) is 0. The number of aliphatic hydroxyl groups is 1. The molecule has 0 bridgehead atoms. The van der Waals surface area contributed by atoms with Crippen LogP contribution in [0.2, 0.25) is 0 Å². The van der Waals surface area contributed by atoms with Crippen molar-refractivity contribution in [3.8, 4) is 0 Å². The van der Waals surface area contributed by atoms with Gasteiger partial charge in [0.05, 0.1) is 25.0 Å². The standard InChI is InChI=1S/C16H18N2O5/c19-8-7-17-14-6-2-1-5-13(14)16(21)23-11-15(20)18-10-12-4-3-9-22-12/h1-6,9,17,19H,7-8,10-11H2,(H,18,20). The Hall–Kier alpha value is -2.80. The fourth-order valence-electron chi connectivity index (χ4n) is 1.86. The maximum absolute atomic E-state index is 12.0. The summed E-state index contributed by atoms with van der Waals surface area (Å²) in [5.74, 6) is -0.419. The SMILES string of the molecule is O=C(COC(=O)c1ccccc1NCCO)NCc1ccco1. The summed E-state index contributed by atoms with van der Waals surface area (Å²) in [6.45, 7) is 0.110. The number of anilines is 1. The largest absolute Gasteiger partial charge is 0.467 e. The lowest BCUT2D eigenvalue weighted by Gasteiger charge is -2.10. The lowest BCUT2D eigenvalue weighted by molar-refractivity contribution is -0.124. The first kappa shape index (κ1) is 16.6. The summed E-state index contributed by atoms with van der Waals surface area (Å²) in [5.41, 5.74) is 0.849. The summed E-state index contributed by atoms with van der Waals surface area (Å²) in [6.07, 6.45) is 1.51. The van der Waals surface area contributed by atoms with Crippen LogP contribution in [0, 0.1) is 0 Å². The van der Waals surface area contributed by atoms with E-state index in [1.807, 2.05) is 0 Å². The minimum Gasteiger partial charge on any atom is -0.467 e. The van der Waals surface area contributed by atoms with Crippen molar-refractivity contribution in [3.63, 3.8) is 0 Å². The average molecular weight is 318 g/mol. The van der Waals surface area contributed by atoms with Gasteiger partial charge >= 0.3 is 5.97 Å². The number of carbonyl (C=O) groups excluding carboxylic acids is 2. The van der Waals surface area contributed by atoms with E-state index in [9.17, 15) is 9.59 Å². The molecule has 0 aliphatic rings. The Morgan fingerprint density at radius 3 is 2.74 bits per heavy atom. The Labute approximate surface area is 133 Å². The molecule has 2 aromatic rings. The van der Waals surface area contributed by atoms with E-state index in [2.05, 4.69) is 10.6 Å². The number of hydrogen-bond donors (Lipinski definition) is 3. The third-order valence-electron chi connectivity index (χ3n) is 2.95. The zero-order chi connectivity index (χ0) is 16.5. The number of furan rings is 1. The molecule has 3 N–H and O–H groups in total. The molecule has 0 unspecified atom stereocenters. The number of para-hydroxylation sites is 1. The Balaban J connectivity index is 1.83. The zero-order valence-electron chi connectivity index (χ0n) is 12.5. The van der Waals surface area contributed by atoms with Crippen LogP contribution in [0.4, 0.5) is 5.69 Å². The fourth-order valence-corrected chi connectivity index (χ4v) is 1.86. The quantitative estimate of drug-likeness (QED) is 0.631. The summed E-state index contributed by atoms with van der Waals surface area (Å²) in [6, 6.07) is 10.2. The van der Waals surface area contributed by atoms with Gasteiger partial charge in [-0.15, -0.1) is 0 Å². The van der Waals surface area contributed by atoms with Crippen molar-refractivity contribution < 1.29 is 23.8 Å². The van der Waals surface area contributed by atoms with Crippen molar-refractivity contribution in [1.82, 2.24) is 5.32 Å². The molecule has 122 valence electrons. The van der Waals surface area contributed by atoms with E-state index >= 15 is 0 Å². The second kappa shape index (κ2) is 8.60. The number of nitrogens with one attached hydrogen (secondary N) is 2. The Bertz CT molecular complexity index is 640. The van der Waals surface area contributed by atoms with E-state index in [4.69, 9.17) is 14.3 Å². The van der Waals surface area contributed by atoms with Crippen molar-refractivity contribution in [2.45, 2.75) is 6.54 Å². The van der Waals surface area contributed by atoms with E-state index in [0.29, 0.717) is 23.6 Å². The van der Waals surface area contributed by atoms with Gasteiger partial charge in [-0.2, -0.15) is 0 Å². The molecule has 1 amide bonds. The minimum absolute atomic E-state index is 0.0570. The van der Waals surface area contributed by atoms with E-state index in [1.165, 1.54) is 6.26 Å². The van der Waals surface area contributed by atoms with E-state index in [-0.39, 0.29) is 19.8 Å². The van der Waals surface area contributed by atoms with Crippen molar-refractivity contribution >= 4 is 17.6 Å². The van der Waals surface area contributed by atoms with E-state index < -0.39 is 11.9 Å². The molecule has 1 aromatic carbocycles. The molecule has 7 nitrogen and oxygen atoms in total. The van der Waals surface area contributed by atoms with Gasteiger partial charge < -0.3 is 24.9 Å². The molecule has 0 saturated heterocycles. The molecular formula is C16H18N2O5. The van der Waals surface area contributed by atoms with Gasteiger partial charge in [0.25, 0.3) is 5.91 Å². The molecule has 0 saturated carbocycles. The smallest absolute Gasteiger partial charge is 0.340 e. The second-order valence-corrected chi connectivity index (χ2v) is 4.63. The van der Waals surface area contributed by atoms with Crippen LogP contribution in [0.3, 0.4) is 0 Å². The highest BCUT2D eigenvalue weighted by Crippen LogP contribution is 2.15. The molecule has 1 aromatic heterocycles. The fraction of sp³-hybridized carbons (Fsp3) is 0.250. The van der Waals surface area contributed by atoms with Gasteiger partial charge in [-0.1, -0.05) is 12.1 Å². The Morgan fingerprint density at radius 2 is 2.00 bits per heavy atom. The summed E-state index contributed by atoms with van der Waals surface area (Å²) in [5, 5.41) is 14.3. The van der Waals surface area contributed by atoms with Crippen LogP contribution < -0.4 is 10.6 Å². The van der Waals surface area contributed by atoms with E-state index in [0.717, 1.165) is 0 Å². The first-order valence-corrected chi connectivity index (χ1v) is 7.10. The molecule has 0 spiro atoms. The molecule has 2 rings (SSSR count). The molecule has 0 aliphatic carbocycles. The van der Waals surface area contributed by atoms with Crippen LogP contribution in [0.15, 0.2) is 47.1 Å². The molecule has 0 fully saturated rings. The van der Waals surface area contributed by atoms with Gasteiger partial charge in [-0.05, 0) is 24.3 Å². The van der Waals surface area contributed by atoms with Gasteiger partial charge in [0.2, 0.25) is 0 Å². The second-order valence-electron chi connectivity index (χ2n) is 4.63. The third-order valence-corrected chi connectivity index (χ3v) is 2.95. The van der Waals surface area contributed by atoms with Gasteiger partial charge in [0.15, 0.2) is 6.61 Å². The summed E-state index contributed by atoms with van der Waals surface area (Å²) >= 11 is 0. The predicted octanol–water partition coefficient (Wildman–Crippen LogP) is 1.16. The van der Waals surface area contributed by atoms with Gasteiger partial charge in [0, 0.05) is 12.2 Å². The van der Waals surface area contributed by atoms with Gasteiger partial charge in [-0.3, -0.25) is 4.79 Å². The highest BCUT2D eigenvalue weighted by Gasteiger charge is 2.14. The molecule has 0 atom stereocenters. The highest BCUT2D eigenvalue weighted by molar-refractivity contribution is 5.96. The number of esters is 1. The molecule has 0 radical (unpaired) electrons. The Morgan fingerprint density at radius 1 is 1.17 bits per heavy atom. The third kappa shape index (κ3) is 5.15. The molecule has 23 heavy (non-hydrogen) atoms. The lowest BCUT2D eigenvalue weighted by Crippen LogP contribution is -2.28. The summed E-state index contributed by atoms with van der Waals surface area (Å²) in [4.78, 5) is 23.7. The minimum atomic E-state index is -0.612. The first-order valence-electron chi connectivity index (χ1n) is 7.10. The van der Waals surface area contributed by atoms with Crippen LogP contribution in [0.1, 0.15) is 16.1 Å². The molecular weight excluding hydrogens is 300 g/mol. The summed E-state index contributed by atoms with van der Waals surface area (Å²) < 4.78 is 10.1. The average Bonchev–Trinajstić information content (AvgIpc) is 3.09. The van der Waals surface area contributed by atoms with Crippen LogP contribution in [-0.2, 0) is 16.1 Å². The number of carbonyl (C=O) groups is 2. The number of aliphatic hydroxyl groups excluding tert-OH is 1. The maximum atomic E-state index is 12.0. The Kier molecular flexibility index (Phi) is 6.19. The number of rotatable bonds is 8. The molecule has 0 aliphatic heterocycles. The van der Waals surface area contributed by atoms with Crippen LogP contribution in [-0.4, -0.2) is 36.7 Å². The van der Waals surface area contributed by atoms with Crippen molar-refractivity contribution in [3.05, 3.63) is 54.0 Å².